The van der Waals surface area contributed by atoms with Gasteiger partial charge in [-0.1, -0.05) is 18.2 Å². The van der Waals surface area contributed by atoms with Crippen molar-refractivity contribution in [3.63, 3.8) is 0 Å². The van der Waals surface area contributed by atoms with Gasteiger partial charge in [0.25, 0.3) is 0 Å². The fourth-order valence-corrected chi connectivity index (χ4v) is 1.54. The molecule has 14 heavy (non-hydrogen) atoms. The van der Waals surface area contributed by atoms with Gasteiger partial charge >= 0.3 is 0 Å². The van der Waals surface area contributed by atoms with E-state index in [1.807, 2.05) is 31.3 Å². The van der Waals surface area contributed by atoms with Crippen LogP contribution >= 0.6 is 11.6 Å². The molecule has 0 fully saturated rings. The van der Waals surface area contributed by atoms with Crippen molar-refractivity contribution in [2.75, 3.05) is 18.2 Å². The lowest BCUT2D eigenvalue weighted by atomic mass is 10.1. The number of rotatable bonds is 5. The number of para-hydroxylation sites is 1. The summed E-state index contributed by atoms with van der Waals surface area (Å²) in [5.74, 6) is 0.586. The minimum Gasteiger partial charge on any atom is -0.388 e. The molecule has 1 rings (SSSR count). The van der Waals surface area contributed by atoms with Gasteiger partial charge in [-0.15, -0.1) is 11.6 Å². The maximum absolute atomic E-state index is 11.4. The Labute approximate surface area is 89.3 Å². The number of hydrogen-bond donors (Lipinski definition) is 1. The van der Waals surface area contributed by atoms with Crippen LogP contribution in [0.2, 0.25) is 0 Å². The molecule has 0 amide bonds. The number of nitrogens with one attached hydrogen (secondary N) is 1. The Morgan fingerprint density at radius 3 is 2.79 bits per heavy atom. The van der Waals surface area contributed by atoms with Gasteiger partial charge in [-0.05, 0) is 11.6 Å². The van der Waals surface area contributed by atoms with E-state index in [2.05, 4.69) is 5.32 Å². The van der Waals surface area contributed by atoms with Crippen LogP contribution in [0.3, 0.4) is 0 Å². The van der Waals surface area contributed by atoms with Crippen LogP contribution in [0.15, 0.2) is 24.3 Å². The smallest absolute Gasteiger partial charge is 0.138 e. The zero-order valence-corrected chi connectivity index (χ0v) is 8.97. The predicted molar refractivity (Wildman–Crippen MR) is 60.0 cm³/mol. The number of Topliss-reactive ketones (excluding diaryl/α,β-unsaturated/α-hetero) is 1. The van der Waals surface area contributed by atoms with E-state index < -0.39 is 0 Å². The zero-order valence-electron chi connectivity index (χ0n) is 8.22. The van der Waals surface area contributed by atoms with Crippen LogP contribution < -0.4 is 5.32 Å². The lowest BCUT2D eigenvalue weighted by Crippen LogP contribution is -2.05. The first kappa shape index (κ1) is 11.1. The normalized spacial score (nSPS) is 9.86. The lowest BCUT2D eigenvalue weighted by molar-refractivity contribution is -0.118. The molecule has 0 aliphatic heterocycles. The summed E-state index contributed by atoms with van der Waals surface area (Å²) in [6, 6.07) is 7.80. The Kier molecular flexibility index (Phi) is 4.47. The maximum atomic E-state index is 11.4. The first-order chi connectivity index (χ1) is 6.77. The van der Waals surface area contributed by atoms with Crippen LogP contribution in [0, 0.1) is 0 Å². The molecule has 76 valence electrons. The first-order valence-electron chi connectivity index (χ1n) is 4.61. The Morgan fingerprint density at radius 2 is 2.14 bits per heavy atom. The summed E-state index contributed by atoms with van der Waals surface area (Å²) in [6.45, 7) is 0. The highest BCUT2D eigenvalue weighted by molar-refractivity contribution is 6.19. The molecule has 0 radical (unpaired) electrons. The fraction of sp³-hybridized carbons (Fsp3) is 0.364. The SMILES string of the molecule is CNc1ccccc1CC(=O)CCCl. The number of halogens is 1. The Hall–Kier alpha value is -1.02. The van der Waals surface area contributed by atoms with E-state index in [0.717, 1.165) is 11.3 Å². The number of hydrogen-bond acceptors (Lipinski definition) is 2. The molecule has 0 heterocycles. The van der Waals surface area contributed by atoms with E-state index in [9.17, 15) is 4.79 Å². The lowest BCUT2D eigenvalue weighted by Gasteiger charge is -2.07. The second-order valence-corrected chi connectivity index (χ2v) is 3.44. The van der Waals surface area contributed by atoms with Crippen molar-refractivity contribution in [2.24, 2.45) is 0 Å². The number of ketones is 1. The van der Waals surface area contributed by atoms with Crippen molar-refractivity contribution in [1.29, 1.82) is 0 Å². The molecule has 0 unspecified atom stereocenters. The van der Waals surface area contributed by atoms with E-state index in [0.29, 0.717) is 18.7 Å². The quantitative estimate of drug-likeness (QED) is 0.759. The maximum Gasteiger partial charge on any atom is 0.138 e. The average Bonchev–Trinajstić information content (AvgIpc) is 2.19. The van der Waals surface area contributed by atoms with Crippen LogP contribution in [0.4, 0.5) is 5.69 Å². The largest absolute Gasteiger partial charge is 0.388 e. The molecule has 1 aromatic carbocycles. The molecular weight excluding hydrogens is 198 g/mol. The molecule has 1 N–H and O–H groups in total. The highest BCUT2D eigenvalue weighted by Crippen LogP contribution is 2.15. The van der Waals surface area contributed by atoms with Gasteiger partial charge in [0.2, 0.25) is 0 Å². The summed E-state index contributed by atoms with van der Waals surface area (Å²) >= 11 is 5.50. The molecule has 2 nitrogen and oxygen atoms in total. The summed E-state index contributed by atoms with van der Waals surface area (Å²) in [6.07, 6.45) is 0.906. The number of carbonyl (C=O) groups is 1. The van der Waals surface area contributed by atoms with E-state index in [1.165, 1.54) is 0 Å². The third kappa shape index (κ3) is 3.04. The van der Waals surface area contributed by atoms with Crippen molar-refractivity contribution in [3.05, 3.63) is 29.8 Å². The minimum atomic E-state index is 0.183. The van der Waals surface area contributed by atoms with Crippen molar-refractivity contribution >= 4 is 23.1 Å². The summed E-state index contributed by atoms with van der Waals surface area (Å²) in [5.41, 5.74) is 2.04. The summed E-state index contributed by atoms with van der Waals surface area (Å²) < 4.78 is 0. The Balaban J connectivity index is 2.70. The van der Waals surface area contributed by atoms with Crippen LogP contribution in [-0.2, 0) is 11.2 Å². The molecule has 0 atom stereocenters. The summed E-state index contributed by atoms with van der Waals surface area (Å²) in [4.78, 5) is 11.4. The Morgan fingerprint density at radius 1 is 1.43 bits per heavy atom. The van der Waals surface area contributed by atoms with Gasteiger partial charge in [-0.2, -0.15) is 0 Å². The van der Waals surface area contributed by atoms with Gasteiger partial charge in [0.05, 0.1) is 0 Å². The van der Waals surface area contributed by atoms with E-state index in [-0.39, 0.29) is 5.78 Å². The first-order valence-corrected chi connectivity index (χ1v) is 5.14. The number of alkyl halides is 1. The van der Waals surface area contributed by atoms with Crippen molar-refractivity contribution < 1.29 is 4.79 Å². The second-order valence-electron chi connectivity index (χ2n) is 3.06. The van der Waals surface area contributed by atoms with Gasteiger partial charge < -0.3 is 5.32 Å². The molecule has 0 bridgehead atoms. The van der Waals surface area contributed by atoms with Crippen molar-refractivity contribution in [2.45, 2.75) is 12.8 Å². The standard InChI is InChI=1S/C11H14ClNO/c1-13-11-5-3-2-4-9(11)8-10(14)6-7-12/h2-5,13H,6-8H2,1H3. The van der Waals surface area contributed by atoms with Gasteiger partial charge in [0.1, 0.15) is 5.78 Å². The van der Waals surface area contributed by atoms with Crippen molar-refractivity contribution in [3.8, 4) is 0 Å². The van der Waals surface area contributed by atoms with Crippen LogP contribution in [0.25, 0.3) is 0 Å². The number of anilines is 1. The predicted octanol–water partition coefficient (Wildman–Crippen LogP) is 2.47. The zero-order chi connectivity index (χ0) is 10.4. The third-order valence-corrected chi connectivity index (χ3v) is 2.24. The van der Waals surface area contributed by atoms with E-state index in [1.54, 1.807) is 0 Å². The monoisotopic (exact) mass is 211 g/mol. The molecule has 0 aliphatic rings. The number of carbonyl (C=O) groups excluding carboxylic acids is 1. The molecule has 0 aromatic heterocycles. The molecule has 0 aliphatic carbocycles. The van der Waals surface area contributed by atoms with Gasteiger partial charge in [0.15, 0.2) is 0 Å². The molecule has 0 saturated heterocycles. The van der Waals surface area contributed by atoms with Crippen molar-refractivity contribution in [1.82, 2.24) is 0 Å². The van der Waals surface area contributed by atoms with Crippen LogP contribution in [-0.4, -0.2) is 18.7 Å². The average molecular weight is 212 g/mol. The highest BCUT2D eigenvalue weighted by Gasteiger charge is 2.05. The van der Waals surface area contributed by atoms with Gasteiger partial charge in [0, 0.05) is 31.5 Å². The van der Waals surface area contributed by atoms with Gasteiger partial charge in [-0.3, -0.25) is 4.79 Å². The van der Waals surface area contributed by atoms with Crippen LogP contribution in [0.5, 0.6) is 0 Å². The molecule has 1 aromatic rings. The Bertz CT molecular complexity index is 312. The topological polar surface area (TPSA) is 29.1 Å². The fourth-order valence-electron chi connectivity index (χ4n) is 1.32. The molecular formula is C11H14ClNO. The van der Waals surface area contributed by atoms with E-state index >= 15 is 0 Å². The molecule has 0 saturated carbocycles. The van der Waals surface area contributed by atoms with Gasteiger partial charge in [-0.25, -0.2) is 0 Å². The summed E-state index contributed by atoms with van der Waals surface area (Å²) in [5, 5.41) is 3.06. The minimum absolute atomic E-state index is 0.183. The third-order valence-electron chi connectivity index (χ3n) is 2.05. The number of benzene rings is 1. The second kappa shape index (κ2) is 5.66. The molecule has 3 heteroatoms. The molecule has 0 spiro atoms. The van der Waals surface area contributed by atoms with E-state index in [4.69, 9.17) is 11.6 Å². The summed E-state index contributed by atoms with van der Waals surface area (Å²) in [7, 11) is 1.85. The van der Waals surface area contributed by atoms with Crippen LogP contribution in [0.1, 0.15) is 12.0 Å². The highest BCUT2D eigenvalue weighted by atomic mass is 35.5.